The molecule has 1 amide bonds. The summed E-state index contributed by atoms with van der Waals surface area (Å²) >= 11 is 0. The summed E-state index contributed by atoms with van der Waals surface area (Å²) in [5.41, 5.74) is 6.12. The number of nitrogens with zero attached hydrogens (tertiary/aromatic N) is 6. The number of imidazole rings is 1. The van der Waals surface area contributed by atoms with Crippen molar-refractivity contribution in [1.29, 1.82) is 0 Å². The number of rotatable bonds is 7. The molecular formula is C29H33FN6O. The van der Waals surface area contributed by atoms with Crippen molar-refractivity contribution in [1.82, 2.24) is 29.0 Å². The molecule has 0 atom stereocenters. The highest BCUT2D eigenvalue weighted by Crippen LogP contribution is 2.39. The molecule has 2 saturated carbocycles. The highest BCUT2D eigenvalue weighted by Gasteiger charge is 2.31. The Labute approximate surface area is 216 Å². The predicted octanol–water partition coefficient (Wildman–Crippen LogP) is 5.20. The summed E-state index contributed by atoms with van der Waals surface area (Å²) in [6, 6.07) is 5.57. The van der Waals surface area contributed by atoms with Crippen LogP contribution < -0.4 is 0 Å². The van der Waals surface area contributed by atoms with E-state index in [9.17, 15) is 9.18 Å². The lowest BCUT2D eigenvalue weighted by molar-refractivity contribution is 0.0780. The summed E-state index contributed by atoms with van der Waals surface area (Å²) in [4.78, 5) is 21.5. The molecule has 0 spiro atoms. The molecule has 3 heterocycles. The topological polar surface area (TPSA) is 58.7 Å². The van der Waals surface area contributed by atoms with Gasteiger partial charge >= 0.3 is 0 Å². The van der Waals surface area contributed by atoms with Crippen LogP contribution in [0.4, 0.5) is 4.39 Å². The number of amides is 1. The predicted molar refractivity (Wildman–Crippen MR) is 142 cm³/mol. The van der Waals surface area contributed by atoms with E-state index in [1.165, 1.54) is 36.5 Å². The number of hydrogen-bond acceptors (Lipinski definition) is 4. The Bertz CT molecular complexity index is 1490. The minimum atomic E-state index is -0.483. The average molecular weight is 501 g/mol. The number of aromatic nitrogens is 4. The second kappa shape index (κ2) is 9.10. The summed E-state index contributed by atoms with van der Waals surface area (Å²) in [5, 5.41) is 4.63. The van der Waals surface area contributed by atoms with Crippen molar-refractivity contribution in [3.05, 3.63) is 71.1 Å². The van der Waals surface area contributed by atoms with E-state index in [-0.39, 0.29) is 17.5 Å². The largest absolute Gasteiger partial charge is 0.339 e. The van der Waals surface area contributed by atoms with Crippen LogP contribution in [0.5, 0.6) is 0 Å². The average Bonchev–Trinajstić information content (AvgIpc) is 3.42. The highest BCUT2D eigenvalue weighted by molar-refractivity contribution is 5.96. The Kier molecular flexibility index (Phi) is 5.87. The SMILES string of the molecule is Cc1cc(F)c(C(=O)N(C)C2CC2)cc1-c1cnn(-c2cnc3cc(C4CCC4)c(CN(C)C)cn23)c1. The molecule has 6 rings (SSSR count). The van der Waals surface area contributed by atoms with Crippen LogP contribution in [0.2, 0.25) is 0 Å². The van der Waals surface area contributed by atoms with E-state index in [1.807, 2.05) is 19.3 Å². The molecule has 192 valence electrons. The normalized spacial score (nSPS) is 15.9. The molecule has 2 aliphatic rings. The Morgan fingerprint density at radius 2 is 1.86 bits per heavy atom. The smallest absolute Gasteiger partial charge is 0.256 e. The first-order valence-corrected chi connectivity index (χ1v) is 13.1. The summed E-state index contributed by atoms with van der Waals surface area (Å²) in [6.45, 7) is 2.73. The summed E-state index contributed by atoms with van der Waals surface area (Å²) in [7, 11) is 5.94. The molecule has 0 radical (unpaired) electrons. The summed E-state index contributed by atoms with van der Waals surface area (Å²) < 4.78 is 18.7. The third kappa shape index (κ3) is 4.33. The zero-order valence-electron chi connectivity index (χ0n) is 21.9. The number of halogens is 1. The van der Waals surface area contributed by atoms with Gasteiger partial charge < -0.3 is 9.80 Å². The van der Waals surface area contributed by atoms with Crippen LogP contribution in [0.25, 0.3) is 22.6 Å². The number of hydrogen-bond donors (Lipinski definition) is 0. The molecule has 0 aliphatic heterocycles. The van der Waals surface area contributed by atoms with Gasteiger partial charge in [-0.3, -0.25) is 9.20 Å². The molecule has 3 aromatic heterocycles. The third-order valence-electron chi connectivity index (χ3n) is 7.87. The molecule has 2 aliphatic carbocycles. The van der Waals surface area contributed by atoms with Gasteiger partial charge in [0.1, 0.15) is 11.5 Å². The second-order valence-corrected chi connectivity index (χ2v) is 10.9. The van der Waals surface area contributed by atoms with Gasteiger partial charge in [-0.1, -0.05) is 6.42 Å². The fourth-order valence-electron chi connectivity index (χ4n) is 5.36. The molecule has 0 bridgehead atoms. The van der Waals surface area contributed by atoms with Gasteiger partial charge in [0.15, 0.2) is 5.82 Å². The van der Waals surface area contributed by atoms with Crippen LogP contribution in [-0.4, -0.2) is 62.1 Å². The summed E-state index contributed by atoms with van der Waals surface area (Å²) in [5.74, 6) is 0.703. The number of pyridine rings is 1. The van der Waals surface area contributed by atoms with Crippen LogP contribution in [0.3, 0.4) is 0 Å². The van der Waals surface area contributed by atoms with Gasteiger partial charge in [-0.15, -0.1) is 0 Å². The van der Waals surface area contributed by atoms with E-state index in [4.69, 9.17) is 4.98 Å². The van der Waals surface area contributed by atoms with E-state index in [2.05, 4.69) is 40.8 Å². The standard InChI is InChI=1S/C29H33FN6O/c1-18-10-26(30)25(29(37)34(4)22-8-9-22)11-23(18)20-13-32-36(17-20)28-14-31-27-12-24(19-6-5-7-19)21(15-33(2)3)16-35(27)28/h10-14,16-17,19,22H,5-9,15H2,1-4H3. The number of fused-ring (bicyclic) bond motifs is 1. The molecule has 7 nitrogen and oxygen atoms in total. The fraction of sp³-hybridized carbons (Fsp3) is 0.414. The van der Waals surface area contributed by atoms with E-state index >= 15 is 0 Å². The van der Waals surface area contributed by atoms with Gasteiger partial charge in [-0.2, -0.15) is 5.10 Å². The Morgan fingerprint density at radius 3 is 2.54 bits per heavy atom. The zero-order valence-corrected chi connectivity index (χ0v) is 21.9. The fourth-order valence-corrected chi connectivity index (χ4v) is 5.36. The van der Waals surface area contributed by atoms with Gasteiger partial charge in [-0.25, -0.2) is 14.1 Å². The maximum atomic E-state index is 14.8. The van der Waals surface area contributed by atoms with Crippen molar-refractivity contribution in [2.24, 2.45) is 0 Å². The van der Waals surface area contributed by atoms with Gasteiger partial charge in [0, 0.05) is 37.6 Å². The van der Waals surface area contributed by atoms with E-state index in [1.54, 1.807) is 28.9 Å². The van der Waals surface area contributed by atoms with Crippen molar-refractivity contribution in [2.45, 2.75) is 57.5 Å². The number of carbonyl (C=O) groups is 1. The number of carbonyl (C=O) groups excluding carboxylic acids is 1. The Balaban J connectivity index is 1.37. The lowest BCUT2D eigenvalue weighted by Gasteiger charge is -2.29. The van der Waals surface area contributed by atoms with E-state index in [0.29, 0.717) is 5.92 Å². The molecule has 0 saturated heterocycles. The lowest BCUT2D eigenvalue weighted by Crippen LogP contribution is -2.29. The monoisotopic (exact) mass is 500 g/mol. The first kappa shape index (κ1) is 23.9. The molecule has 1 aromatic carbocycles. The highest BCUT2D eigenvalue weighted by atomic mass is 19.1. The van der Waals surface area contributed by atoms with Crippen molar-refractivity contribution in [2.75, 3.05) is 21.1 Å². The molecule has 4 aromatic rings. The molecule has 0 N–H and O–H groups in total. The van der Waals surface area contributed by atoms with E-state index < -0.39 is 5.82 Å². The van der Waals surface area contributed by atoms with Crippen LogP contribution >= 0.6 is 0 Å². The van der Waals surface area contributed by atoms with Crippen molar-refractivity contribution in [3.63, 3.8) is 0 Å². The quantitative estimate of drug-likeness (QED) is 0.350. The lowest BCUT2D eigenvalue weighted by atomic mass is 9.78. The summed E-state index contributed by atoms with van der Waals surface area (Å²) in [6.07, 6.45) is 13.5. The van der Waals surface area contributed by atoms with Crippen LogP contribution in [-0.2, 0) is 6.54 Å². The van der Waals surface area contributed by atoms with Crippen molar-refractivity contribution >= 4 is 11.6 Å². The van der Waals surface area contributed by atoms with Gasteiger partial charge in [0.2, 0.25) is 0 Å². The Hall–Kier alpha value is -3.52. The Morgan fingerprint density at radius 1 is 1.08 bits per heavy atom. The maximum Gasteiger partial charge on any atom is 0.256 e. The van der Waals surface area contributed by atoms with Crippen LogP contribution in [0.1, 0.15) is 65.1 Å². The number of benzene rings is 1. The minimum Gasteiger partial charge on any atom is -0.339 e. The maximum absolute atomic E-state index is 14.8. The molecular weight excluding hydrogens is 467 g/mol. The van der Waals surface area contributed by atoms with Crippen molar-refractivity contribution in [3.8, 4) is 16.9 Å². The number of aryl methyl sites for hydroxylation is 1. The second-order valence-electron chi connectivity index (χ2n) is 10.9. The third-order valence-corrected chi connectivity index (χ3v) is 7.87. The van der Waals surface area contributed by atoms with Crippen LogP contribution in [0.15, 0.2) is 43.0 Å². The first-order chi connectivity index (χ1) is 17.8. The van der Waals surface area contributed by atoms with Gasteiger partial charge in [0.05, 0.1) is 18.0 Å². The van der Waals surface area contributed by atoms with Gasteiger partial charge in [-0.05, 0) is 93.1 Å². The molecule has 8 heteroatoms. The zero-order chi connectivity index (χ0) is 25.8. The minimum absolute atomic E-state index is 0.106. The first-order valence-electron chi connectivity index (χ1n) is 13.1. The molecule has 2 fully saturated rings. The van der Waals surface area contributed by atoms with Crippen LogP contribution in [0, 0.1) is 12.7 Å². The molecule has 37 heavy (non-hydrogen) atoms. The van der Waals surface area contributed by atoms with Gasteiger partial charge in [0.25, 0.3) is 5.91 Å². The van der Waals surface area contributed by atoms with E-state index in [0.717, 1.165) is 47.5 Å². The van der Waals surface area contributed by atoms with Crippen molar-refractivity contribution < 1.29 is 9.18 Å². The molecule has 0 unspecified atom stereocenters.